The van der Waals surface area contributed by atoms with E-state index in [0.717, 1.165) is 63.0 Å². The number of guanidine groups is 1. The molecule has 4 rings (SSSR count). The molecular formula is C22H34N4O3. The van der Waals surface area contributed by atoms with Crippen molar-refractivity contribution < 1.29 is 14.2 Å². The number of nitrogens with one attached hydrogen (secondary N) is 2. The van der Waals surface area contributed by atoms with Gasteiger partial charge in [-0.3, -0.25) is 9.89 Å². The lowest BCUT2D eigenvalue weighted by Crippen LogP contribution is -2.47. The molecule has 7 heteroatoms. The fourth-order valence-corrected chi connectivity index (χ4v) is 4.72. The maximum Gasteiger partial charge on any atom is 0.191 e. The number of fused-ring (bicyclic) bond motifs is 3. The summed E-state index contributed by atoms with van der Waals surface area (Å²) >= 11 is 0. The average molecular weight is 403 g/mol. The van der Waals surface area contributed by atoms with Crippen LogP contribution in [0, 0.1) is 0 Å². The van der Waals surface area contributed by atoms with Crippen LogP contribution in [0.3, 0.4) is 0 Å². The zero-order chi connectivity index (χ0) is 20.2. The Bertz CT molecular complexity index is 739. The Morgan fingerprint density at radius 1 is 1.21 bits per heavy atom. The molecule has 2 bridgehead atoms. The topological polar surface area (TPSA) is 67.4 Å². The molecule has 3 unspecified atom stereocenters. The lowest BCUT2D eigenvalue weighted by atomic mass is 9.96. The summed E-state index contributed by atoms with van der Waals surface area (Å²) in [4.78, 5) is 7.28. The van der Waals surface area contributed by atoms with Crippen molar-refractivity contribution in [2.75, 3.05) is 40.4 Å². The fraction of sp³-hybridized carbons (Fsp3) is 0.682. The monoisotopic (exact) mass is 402 g/mol. The van der Waals surface area contributed by atoms with E-state index in [4.69, 9.17) is 19.2 Å². The Morgan fingerprint density at radius 2 is 2.00 bits per heavy atom. The Balaban J connectivity index is 1.32. The molecule has 0 saturated carbocycles. The van der Waals surface area contributed by atoms with Crippen molar-refractivity contribution in [3.8, 4) is 11.5 Å². The lowest BCUT2D eigenvalue weighted by molar-refractivity contribution is 0.0992. The first-order chi connectivity index (χ1) is 14.2. The lowest BCUT2D eigenvalue weighted by Gasteiger charge is -2.29. The summed E-state index contributed by atoms with van der Waals surface area (Å²) in [7, 11) is 3.38. The standard InChI is InChI=1S/C22H34N4O3/c1-4-23-22(25-18-13-17-5-6-19(18)29-17)24-8-10-26-9-7-15-11-20(27-2)21(28-3)12-16(15)14-26/h11-12,17-19H,4-10,13-14H2,1-3H3,(H2,23,24,25). The molecule has 2 N–H and O–H groups in total. The third-order valence-electron chi connectivity index (χ3n) is 6.26. The first-order valence-electron chi connectivity index (χ1n) is 10.9. The van der Waals surface area contributed by atoms with Gasteiger partial charge in [-0.2, -0.15) is 0 Å². The number of aliphatic imine (C=N–C) groups is 1. The number of methoxy groups -OCH3 is 2. The molecule has 0 radical (unpaired) electrons. The molecule has 7 nitrogen and oxygen atoms in total. The van der Waals surface area contributed by atoms with E-state index in [9.17, 15) is 0 Å². The minimum absolute atomic E-state index is 0.356. The van der Waals surface area contributed by atoms with Crippen LogP contribution in [0.1, 0.15) is 37.3 Å². The second kappa shape index (κ2) is 9.22. The summed E-state index contributed by atoms with van der Waals surface area (Å²) in [6, 6.07) is 4.63. The molecule has 3 heterocycles. The minimum atomic E-state index is 0.356. The molecule has 2 fully saturated rings. The van der Waals surface area contributed by atoms with E-state index in [2.05, 4.69) is 34.6 Å². The quantitative estimate of drug-likeness (QED) is 0.537. The van der Waals surface area contributed by atoms with Crippen LogP contribution in [0.5, 0.6) is 11.5 Å². The number of benzene rings is 1. The molecule has 0 spiro atoms. The number of hydrogen-bond donors (Lipinski definition) is 2. The molecule has 29 heavy (non-hydrogen) atoms. The second-order valence-corrected chi connectivity index (χ2v) is 8.12. The summed E-state index contributed by atoms with van der Waals surface area (Å²) in [5.41, 5.74) is 2.68. The predicted octanol–water partition coefficient (Wildman–Crippen LogP) is 1.94. The largest absolute Gasteiger partial charge is 0.493 e. The molecule has 3 atom stereocenters. The van der Waals surface area contributed by atoms with Gasteiger partial charge in [-0.25, -0.2) is 0 Å². The van der Waals surface area contributed by atoms with Crippen LogP contribution in [-0.2, 0) is 17.7 Å². The first-order valence-corrected chi connectivity index (χ1v) is 10.9. The molecule has 0 aliphatic carbocycles. The van der Waals surface area contributed by atoms with Gasteiger partial charge in [0.1, 0.15) is 0 Å². The molecule has 2 saturated heterocycles. The highest BCUT2D eigenvalue weighted by molar-refractivity contribution is 5.80. The molecular weight excluding hydrogens is 368 g/mol. The summed E-state index contributed by atoms with van der Waals surface area (Å²) in [5.74, 6) is 2.53. The SMILES string of the molecule is CCNC(=NCCN1CCc2cc(OC)c(OC)cc2C1)NC1CC2CCC1O2. The molecule has 1 aromatic carbocycles. The van der Waals surface area contributed by atoms with E-state index in [0.29, 0.717) is 18.2 Å². The van der Waals surface area contributed by atoms with Crippen molar-refractivity contribution in [3.63, 3.8) is 0 Å². The second-order valence-electron chi connectivity index (χ2n) is 8.12. The number of hydrogen-bond acceptors (Lipinski definition) is 5. The molecule has 0 amide bonds. The fourth-order valence-electron chi connectivity index (χ4n) is 4.72. The van der Waals surface area contributed by atoms with Crippen molar-refractivity contribution in [1.29, 1.82) is 0 Å². The Morgan fingerprint density at radius 3 is 2.66 bits per heavy atom. The van der Waals surface area contributed by atoms with Gasteiger partial charge in [0.15, 0.2) is 17.5 Å². The van der Waals surface area contributed by atoms with Crippen molar-refractivity contribution in [2.45, 2.75) is 57.4 Å². The van der Waals surface area contributed by atoms with Crippen LogP contribution < -0.4 is 20.1 Å². The third kappa shape index (κ3) is 4.61. The molecule has 3 aliphatic rings. The van der Waals surface area contributed by atoms with Crippen molar-refractivity contribution >= 4 is 5.96 Å². The Kier molecular flexibility index (Phi) is 6.45. The van der Waals surface area contributed by atoms with E-state index >= 15 is 0 Å². The summed E-state index contributed by atoms with van der Waals surface area (Å²) in [6.45, 7) is 6.67. The Hall–Kier alpha value is -1.99. The smallest absolute Gasteiger partial charge is 0.191 e. The average Bonchev–Trinajstić information content (AvgIpc) is 3.36. The summed E-state index contributed by atoms with van der Waals surface area (Å²) < 4.78 is 16.9. The van der Waals surface area contributed by atoms with Crippen molar-refractivity contribution in [2.24, 2.45) is 4.99 Å². The highest BCUT2D eigenvalue weighted by Crippen LogP contribution is 2.34. The maximum atomic E-state index is 5.96. The van der Waals surface area contributed by atoms with E-state index in [-0.39, 0.29) is 0 Å². The van der Waals surface area contributed by atoms with E-state index in [1.54, 1.807) is 14.2 Å². The Labute approximate surface area is 173 Å². The van der Waals surface area contributed by atoms with Crippen molar-refractivity contribution in [3.05, 3.63) is 23.3 Å². The van der Waals surface area contributed by atoms with Gasteiger partial charge < -0.3 is 24.8 Å². The number of rotatable bonds is 7. The van der Waals surface area contributed by atoms with E-state index in [1.165, 1.54) is 24.0 Å². The van der Waals surface area contributed by atoms with Gasteiger partial charge in [-0.15, -0.1) is 0 Å². The van der Waals surface area contributed by atoms with Crippen LogP contribution in [-0.4, -0.2) is 69.5 Å². The van der Waals surface area contributed by atoms with Gasteiger partial charge in [0.2, 0.25) is 0 Å². The minimum Gasteiger partial charge on any atom is -0.493 e. The third-order valence-corrected chi connectivity index (χ3v) is 6.26. The molecule has 160 valence electrons. The predicted molar refractivity (Wildman–Crippen MR) is 114 cm³/mol. The van der Waals surface area contributed by atoms with Gasteiger partial charge in [0.25, 0.3) is 0 Å². The van der Waals surface area contributed by atoms with Gasteiger partial charge in [-0.1, -0.05) is 0 Å². The molecule has 0 aromatic heterocycles. The highest BCUT2D eigenvalue weighted by atomic mass is 16.5. The first kappa shape index (κ1) is 20.3. The van der Waals surface area contributed by atoms with E-state index in [1.807, 2.05) is 0 Å². The van der Waals surface area contributed by atoms with Gasteiger partial charge in [0.05, 0.1) is 39.0 Å². The summed E-state index contributed by atoms with van der Waals surface area (Å²) in [5, 5.41) is 6.98. The van der Waals surface area contributed by atoms with Gasteiger partial charge in [-0.05, 0) is 55.9 Å². The number of nitrogens with zero attached hydrogens (tertiary/aromatic N) is 2. The molecule has 1 aromatic rings. The summed E-state index contributed by atoms with van der Waals surface area (Å²) in [6.07, 6.45) is 5.31. The molecule has 3 aliphatic heterocycles. The van der Waals surface area contributed by atoms with Crippen LogP contribution in [0.15, 0.2) is 17.1 Å². The number of ether oxygens (including phenoxy) is 3. The van der Waals surface area contributed by atoms with Gasteiger partial charge >= 0.3 is 0 Å². The van der Waals surface area contributed by atoms with Gasteiger partial charge in [0, 0.05) is 26.2 Å². The van der Waals surface area contributed by atoms with Crippen LogP contribution in [0.4, 0.5) is 0 Å². The normalized spacial score (nSPS) is 26.3. The zero-order valence-corrected chi connectivity index (χ0v) is 17.9. The zero-order valence-electron chi connectivity index (χ0n) is 17.9. The highest BCUT2D eigenvalue weighted by Gasteiger charge is 2.41. The van der Waals surface area contributed by atoms with Crippen LogP contribution in [0.25, 0.3) is 0 Å². The maximum absolute atomic E-state index is 5.96. The van der Waals surface area contributed by atoms with E-state index < -0.39 is 0 Å². The van der Waals surface area contributed by atoms with Crippen molar-refractivity contribution in [1.82, 2.24) is 15.5 Å². The van der Waals surface area contributed by atoms with Crippen LogP contribution >= 0.6 is 0 Å². The van der Waals surface area contributed by atoms with Crippen LogP contribution in [0.2, 0.25) is 0 Å².